The van der Waals surface area contributed by atoms with E-state index in [1.165, 1.54) is 42.2 Å². The Balaban J connectivity index is 1.54. The highest BCUT2D eigenvalue weighted by molar-refractivity contribution is 7.17. The topological polar surface area (TPSA) is 50.3 Å². The van der Waals surface area contributed by atoms with Crippen LogP contribution < -0.4 is 5.32 Å². The number of anilines is 1. The first-order valence-corrected chi connectivity index (χ1v) is 11.1. The number of ether oxygens (including phenoxy) is 1. The number of nitrogens with one attached hydrogen (secondary N) is 1. The molecule has 0 unspecified atom stereocenters. The average molecular weight is 395 g/mol. The van der Waals surface area contributed by atoms with Gasteiger partial charge in [-0.1, -0.05) is 43.2 Å². The van der Waals surface area contributed by atoms with Gasteiger partial charge in [-0.15, -0.1) is 11.3 Å². The van der Waals surface area contributed by atoms with E-state index in [9.17, 15) is 0 Å². The van der Waals surface area contributed by atoms with E-state index in [1.54, 1.807) is 11.3 Å². The van der Waals surface area contributed by atoms with E-state index in [0.29, 0.717) is 6.04 Å². The molecular weight excluding hydrogens is 368 g/mol. The van der Waals surface area contributed by atoms with Gasteiger partial charge >= 0.3 is 0 Å². The summed E-state index contributed by atoms with van der Waals surface area (Å²) in [6.07, 6.45) is 5.08. The summed E-state index contributed by atoms with van der Waals surface area (Å²) in [5, 5.41) is 7.17. The number of nitrogens with zero attached hydrogens (tertiary/aromatic N) is 3. The maximum Gasteiger partial charge on any atom is 0.146 e. The van der Waals surface area contributed by atoms with Crippen LogP contribution in [0.3, 0.4) is 0 Å². The van der Waals surface area contributed by atoms with Crippen molar-refractivity contribution in [1.29, 1.82) is 0 Å². The number of hydrogen-bond acceptors (Lipinski definition) is 6. The average Bonchev–Trinajstić information content (AvgIpc) is 3.39. The Labute approximate surface area is 169 Å². The second-order valence-electron chi connectivity index (χ2n) is 7.70. The summed E-state index contributed by atoms with van der Waals surface area (Å²) in [6, 6.07) is 11.1. The Morgan fingerprint density at radius 1 is 1.07 bits per heavy atom. The van der Waals surface area contributed by atoms with Crippen molar-refractivity contribution < 1.29 is 4.74 Å². The van der Waals surface area contributed by atoms with Gasteiger partial charge in [0, 0.05) is 30.1 Å². The van der Waals surface area contributed by atoms with Gasteiger partial charge in [-0.3, -0.25) is 4.90 Å². The Bertz CT molecular complexity index is 930. The largest absolute Gasteiger partial charge is 0.379 e. The zero-order valence-electron chi connectivity index (χ0n) is 16.1. The highest BCUT2D eigenvalue weighted by Gasteiger charge is 2.21. The third-order valence-corrected chi connectivity index (χ3v) is 6.60. The van der Waals surface area contributed by atoms with Gasteiger partial charge < -0.3 is 10.1 Å². The fraction of sp³-hybridized carbons (Fsp3) is 0.455. The minimum absolute atomic E-state index is 0.526. The minimum atomic E-state index is 0.526. The van der Waals surface area contributed by atoms with Crippen molar-refractivity contribution in [1.82, 2.24) is 14.9 Å². The fourth-order valence-corrected chi connectivity index (χ4v) is 5.18. The number of morpholine rings is 1. The van der Waals surface area contributed by atoms with E-state index in [1.807, 2.05) is 0 Å². The molecule has 146 valence electrons. The van der Waals surface area contributed by atoms with Crippen molar-refractivity contribution in [2.75, 3.05) is 31.6 Å². The van der Waals surface area contributed by atoms with Crippen molar-refractivity contribution in [3.05, 3.63) is 41.5 Å². The first-order chi connectivity index (χ1) is 13.9. The van der Waals surface area contributed by atoms with Gasteiger partial charge in [-0.05, 0) is 18.4 Å². The molecule has 0 bridgehead atoms. The number of rotatable bonds is 5. The highest BCUT2D eigenvalue weighted by Crippen LogP contribution is 2.38. The number of hydrogen-bond donors (Lipinski definition) is 1. The molecule has 0 atom stereocenters. The monoisotopic (exact) mass is 394 g/mol. The molecule has 0 radical (unpaired) electrons. The molecule has 5 rings (SSSR count). The van der Waals surface area contributed by atoms with E-state index in [0.717, 1.165) is 49.3 Å². The molecule has 3 heterocycles. The van der Waals surface area contributed by atoms with Gasteiger partial charge in [-0.25, -0.2) is 9.97 Å². The van der Waals surface area contributed by atoms with Crippen LogP contribution in [0, 0.1) is 0 Å². The molecule has 3 aromatic rings. The van der Waals surface area contributed by atoms with Gasteiger partial charge in [-0.2, -0.15) is 0 Å². The molecule has 1 saturated carbocycles. The summed E-state index contributed by atoms with van der Waals surface area (Å²) in [5.41, 5.74) is 2.46. The van der Waals surface area contributed by atoms with Crippen molar-refractivity contribution in [3.63, 3.8) is 0 Å². The van der Waals surface area contributed by atoms with Crippen LogP contribution in [0.4, 0.5) is 5.82 Å². The lowest BCUT2D eigenvalue weighted by molar-refractivity contribution is 0.0331. The fourth-order valence-electron chi connectivity index (χ4n) is 4.21. The van der Waals surface area contributed by atoms with Crippen molar-refractivity contribution >= 4 is 27.4 Å². The van der Waals surface area contributed by atoms with Gasteiger partial charge in [0.25, 0.3) is 0 Å². The van der Waals surface area contributed by atoms with E-state index in [2.05, 4.69) is 45.9 Å². The van der Waals surface area contributed by atoms with E-state index < -0.39 is 0 Å². The number of benzene rings is 1. The summed E-state index contributed by atoms with van der Waals surface area (Å²) >= 11 is 1.72. The lowest BCUT2D eigenvalue weighted by atomic mass is 10.1. The smallest absolute Gasteiger partial charge is 0.146 e. The van der Waals surface area contributed by atoms with Crippen LogP contribution in [0.1, 0.15) is 31.5 Å². The van der Waals surface area contributed by atoms with E-state index in [-0.39, 0.29) is 0 Å². The molecule has 1 N–H and O–H groups in total. The SMILES string of the molecule is c1ccc(-c2csc3nc(CN4CCOCC4)nc(NC4CCCC4)c23)cc1. The lowest BCUT2D eigenvalue weighted by Gasteiger charge is -2.26. The Morgan fingerprint density at radius 3 is 2.64 bits per heavy atom. The number of thiophene rings is 1. The first-order valence-electron chi connectivity index (χ1n) is 10.3. The summed E-state index contributed by atoms with van der Waals surface area (Å²) < 4.78 is 5.48. The molecule has 0 amide bonds. The zero-order valence-corrected chi connectivity index (χ0v) is 16.9. The Kier molecular flexibility index (Phi) is 5.25. The van der Waals surface area contributed by atoms with Crippen LogP contribution in [-0.2, 0) is 11.3 Å². The van der Waals surface area contributed by atoms with Gasteiger partial charge in [0.05, 0.1) is 25.1 Å². The quantitative estimate of drug-likeness (QED) is 0.688. The number of aromatic nitrogens is 2. The molecule has 2 fully saturated rings. The molecule has 5 nitrogen and oxygen atoms in total. The minimum Gasteiger partial charge on any atom is -0.379 e. The molecule has 1 aromatic carbocycles. The lowest BCUT2D eigenvalue weighted by Crippen LogP contribution is -2.36. The third kappa shape index (κ3) is 3.77. The van der Waals surface area contributed by atoms with Crippen LogP contribution in [0.25, 0.3) is 21.3 Å². The van der Waals surface area contributed by atoms with Crippen LogP contribution >= 0.6 is 11.3 Å². The summed E-state index contributed by atoms with van der Waals surface area (Å²) in [6.45, 7) is 4.29. The second-order valence-corrected chi connectivity index (χ2v) is 8.56. The Hall–Kier alpha value is -2.02. The van der Waals surface area contributed by atoms with Crippen LogP contribution in [0.15, 0.2) is 35.7 Å². The molecule has 1 aliphatic carbocycles. The number of fused-ring (bicyclic) bond motifs is 1. The van der Waals surface area contributed by atoms with Gasteiger partial charge in [0.15, 0.2) is 0 Å². The summed E-state index contributed by atoms with van der Waals surface area (Å²) in [5.74, 6) is 1.93. The molecule has 28 heavy (non-hydrogen) atoms. The molecule has 2 aromatic heterocycles. The van der Waals surface area contributed by atoms with E-state index in [4.69, 9.17) is 14.7 Å². The van der Waals surface area contributed by atoms with Gasteiger partial charge in [0.2, 0.25) is 0 Å². The standard InChI is InChI=1S/C22H26N4OS/c1-2-6-16(7-3-1)18-15-28-22-20(18)21(23-17-8-4-5-9-17)24-19(25-22)14-26-10-12-27-13-11-26/h1-3,6-7,15,17H,4-5,8-14H2,(H,23,24,25). The molecule has 0 spiro atoms. The van der Waals surface area contributed by atoms with Crippen molar-refractivity contribution in [2.24, 2.45) is 0 Å². The first kappa shape index (κ1) is 18.0. The Morgan fingerprint density at radius 2 is 1.86 bits per heavy atom. The molecular formula is C22H26N4OS. The molecule has 1 aliphatic heterocycles. The third-order valence-electron chi connectivity index (χ3n) is 5.73. The normalized spacial score (nSPS) is 18.7. The van der Waals surface area contributed by atoms with Crippen LogP contribution in [0.5, 0.6) is 0 Å². The van der Waals surface area contributed by atoms with Crippen LogP contribution in [-0.4, -0.2) is 47.2 Å². The zero-order chi connectivity index (χ0) is 18.8. The second kappa shape index (κ2) is 8.15. The summed E-state index contributed by atoms with van der Waals surface area (Å²) in [7, 11) is 0. The van der Waals surface area contributed by atoms with Crippen LogP contribution in [0.2, 0.25) is 0 Å². The van der Waals surface area contributed by atoms with E-state index >= 15 is 0 Å². The molecule has 1 saturated heterocycles. The predicted molar refractivity (Wildman–Crippen MR) is 115 cm³/mol. The predicted octanol–water partition coefficient (Wildman–Crippen LogP) is 4.55. The van der Waals surface area contributed by atoms with Crippen molar-refractivity contribution in [3.8, 4) is 11.1 Å². The molecule has 6 heteroatoms. The van der Waals surface area contributed by atoms with Crippen molar-refractivity contribution in [2.45, 2.75) is 38.3 Å². The summed E-state index contributed by atoms with van der Waals surface area (Å²) in [4.78, 5) is 13.4. The molecule has 2 aliphatic rings. The maximum absolute atomic E-state index is 5.48. The highest BCUT2D eigenvalue weighted by atomic mass is 32.1. The van der Waals surface area contributed by atoms with Gasteiger partial charge in [0.1, 0.15) is 16.5 Å². The maximum atomic E-state index is 5.48.